The second-order valence-corrected chi connectivity index (χ2v) is 6.26. The van der Waals surface area contributed by atoms with E-state index in [1.165, 1.54) is 12.1 Å². The van der Waals surface area contributed by atoms with Crippen molar-refractivity contribution in [2.24, 2.45) is 0 Å². The van der Waals surface area contributed by atoms with Gasteiger partial charge in [0.25, 0.3) is 5.91 Å². The molecule has 3 nitrogen and oxygen atoms in total. The molecule has 1 aromatic heterocycles. The van der Waals surface area contributed by atoms with Crippen molar-refractivity contribution in [2.75, 3.05) is 5.32 Å². The fourth-order valence-electron chi connectivity index (χ4n) is 3.02. The predicted molar refractivity (Wildman–Crippen MR) is 103 cm³/mol. The number of carbonyl (C=O) groups excluding carboxylic acids is 1. The third-order valence-electron chi connectivity index (χ3n) is 4.43. The van der Waals surface area contributed by atoms with Crippen molar-refractivity contribution >= 4 is 22.5 Å². The van der Waals surface area contributed by atoms with Gasteiger partial charge >= 0.3 is 0 Å². The zero-order valence-corrected chi connectivity index (χ0v) is 14.2. The number of rotatable bonds is 3. The van der Waals surface area contributed by atoms with Crippen LogP contribution in [-0.4, -0.2) is 10.9 Å². The van der Waals surface area contributed by atoms with E-state index in [0.717, 1.165) is 33.4 Å². The van der Waals surface area contributed by atoms with Gasteiger partial charge in [0.1, 0.15) is 5.82 Å². The van der Waals surface area contributed by atoms with Crippen molar-refractivity contribution in [2.45, 2.75) is 6.92 Å². The molecule has 1 amide bonds. The second kappa shape index (κ2) is 6.48. The first kappa shape index (κ1) is 16.1. The summed E-state index contributed by atoms with van der Waals surface area (Å²) in [4.78, 5) is 15.7. The maximum Gasteiger partial charge on any atom is 0.255 e. The van der Waals surface area contributed by atoms with Gasteiger partial charge in [0, 0.05) is 27.8 Å². The lowest BCUT2D eigenvalue weighted by Crippen LogP contribution is -2.13. The van der Waals surface area contributed by atoms with Gasteiger partial charge in [-0.2, -0.15) is 0 Å². The van der Waals surface area contributed by atoms with E-state index in [9.17, 15) is 9.18 Å². The number of carbonyl (C=O) groups is 1. The van der Waals surface area contributed by atoms with Gasteiger partial charge in [0.2, 0.25) is 0 Å². The van der Waals surface area contributed by atoms with Crippen molar-refractivity contribution in [3.8, 4) is 11.3 Å². The molecule has 0 aliphatic heterocycles. The van der Waals surface area contributed by atoms with Crippen LogP contribution in [0.4, 0.5) is 10.1 Å². The Morgan fingerprint density at radius 3 is 2.50 bits per heavy atom. The number of halogens is 1. The van der Waals surface area contributed by atoms with E-state index in [0.29, 0.717) is 5.56 Å². The van der Waals surface area contributed by atoms with Crippen LogP contribution in [0.2, 0.25) is 0 Å². The fraction of sp³-hybridized carbons (Fsp3) is 0.0455. The first-order valence-corrected chi connectivity index (χ1v) is 8.36. The van der Waals surface area contributed by atoms with Crippen LogP contribution in [0.25, 0.3) is 22.2 Å². The Bertz CT molecular complexity index is 1100. The molecule has 0 atom stereocenters. The number of fused-ring (bicyclic) bond motifs is 1. The van der Waals surface area contributed by atoms with Gasteiger partial charge in [-0.25, -0.2) is 4.39 Å². The van der Waals surface area contributed by atoms with Crippen molar-refractivity contribution < 1.29 is 9.18 Å². The van der Waals surface area contributed by atoms with Crippen LogP contribution < -0.4 is 5.32 Å². The maximum atomic E-state index is 13.3. The maximum absolute atomic E-state index is 13.3. The van der Waals surface area contributed by atoms with Gasteiger partial charge in [-0.3, -0.25) is 4.79 Å². The third-order valence-corrected chi connectivity index (χ3v) is 4.43. The van der Waals surface area contributed by atoms with Crippen LogP contribution >= 0.6 is 0 Å². The van der Waals surface area contributed by atoms with Gasteiger partial charge in [-0.15, -0.1) is 0 Å². The monoisotopic (exact) mass is 344 g/mol. The van der Waals surface area contributed by atoms with Crippen LogP contribution in [0.15, 0.2) is 72.8 Å². The van der Waals surface area contributed by atoms with Crippen molar-refractivity contribution in [1.29, 1.82) is 0 Å². The largest absolute Gasteiger partial charge is 0.355 e. The Hall–Kier alpha value is -3.40. The van der Waals surface area contributed by atoms with Crippen molar-refractivity contribution in [1.82, 2.24) is 4.98 Å². The fourth-order valence-corrected chi connectivity index (χ4v) is 3.02. The van der Waals surface area contributed by atoms with E-state index in [-0.39, 0.29) is 11.7 Å². The quantitative estimate of drug-likeness (QED) is 0.504. The van der Waals surface area contributed by atoms with Gasteiger partial charge in [-0.05, 0) is 60.5 Å². The molecule has 4 aromatic rings. The smallest absolute Gasteiger partial charge is 0.255 e. The van der Waals surface area contributed by atoms with Crippen LogP contribution in [0, 0.1) is 12.7 Å². The molecule has 0 aliphatic carbocycles. The molecule has 0 saturated carbocycles. The Kier molecular flexibility index (Phi) is 4.01. The summed E-state index contributed by atoms with van der Waals surface area (Å²) in [6, 6.07) is 21.6. The zero-order valence-electron chi connectivity index (χ0n) is 14.2. The number of anilines is 1. The van der Waals surface area contributed by atoms with Crippen LogP contribution in [0.1, 0.15) is 15.9 Å². The van der Waals surface area contributed by atoms with E-state index >= 15 is 0 Å². The van der Waals surface area contributed by atoms with Crippen LogP contribution in [0.3, 0.4) is 0 Å². The topological polar surface area (TPSA) is 44.9 Å². The molecule has 4 heteroatoms. The Morgan fingerprint density at radius 1 is 0.962 bits per heavy atom. The molecule has 0 bridgehead atoms. The molecule has 0 unspecified atom stereocenters. The second-order valence-electron chi connectivity index (χ2n) is 6.26. The van der Waals surface area contributed by atoms with Gasteiger partial charge < -0.3 is 10.3 Å². The lowest BCUT2D eigenvalue weighted by atomic mass is 10.1. The number of hydrogen-bond donors (Lipinski definition) is 2. The molecule has 0 saturated heterocycles. The van der Waals surface area contributed by atoms with E-state index in [1.807, 2.05) is 61.5 Å². The van der Waals surface area contributed by atoms with Gasteiger partial charge in [0.05, 0.1) is 0 Å². The van der Waals surface area contributed by atoms with Crippen molar-refractivity contribution in [3.63, 3.8) is 0 Å². The number of nitrogens with one attached hydrogen (secondary N) is 2. The minimum atomic E-state index is -0.252. The third kappa shape index (κ3) is 3.09. The molecule has 0 spiro atoms. The average molecular weight is 344 g/mol. The molecule has 1 heterocycles. The summed E-state index contributed by atoms with van der Waals surface area (Å²) >= 11 is 0. The van der Waals surface area contributed by atoms with E-state index in [4.69, 9.17) is 0 Å². The highest BCUT2D eigenvalue weighted by atomic mass is 19.1. The Balaban J connectivity index is 1.56. The van der Waals surface area contributed by atoms with E-state index in [2.05, 4.69) is 10.3 Å². The highest BCUT2D eigenvalue weighted by molar-refractivity contribution is 6.05. The Morgan fingerprint density at radius 2 is 1.73 bits per heavy atom. The number of aromatic nitrogens is 1. The number of aromatic amines is 1. The number of H-pyrrole nitrogens is 1. The lowest BCUT2D eigenvalue weighted by Gasteiger charge is -2.08. The van der Waals surface area contributed by atoms with Crippen LogP contribution in [-0.2, 0) is 0 Å². The summed E-state index contributed by atoms with van der Waals surface area (Å²) in [5.41, 5.74) is 5.08. The molecule has 0 aliphatic rings. The lowest BCUT2D eigenvalue weighted by molar-refractivity contribution is 0.102. The summed E-state index contributed by atoms with van der Waals surface area (Å²) in [6.45, 7) is 1.91. The Labute approximate surface area is 150 Å². The van der Waals surface area contributed by atoms with E-state index in [1.54, 1.807) is 6.07 Å². The summed E-state index contributed by atoms with van der Waals surface area (Å²) in [5, 5.41) is 3.74. The minimum Gasteiger partial charge on any atom is -0.355 e. The molecule has 3 aromatic carbocycles. The summed E-state index contributed by atoms with van der Waals surface area (Å²) in [7, 11) is 0. The first-order chi connectivity index (χ1) is 12.6. The minimum absolute atomic E-state index is 0.128. The first-order valence-electron chi connectivity index (χ1n) is 8.36. The van der Waals surface area contributed by atoms with Crippen LogP contribution in [0.5, 0.6) is 0 Å². The van der Waals surface area contributed by atoms with Crippen molar-refractivity contribution in [3.05, 3.63) is 89.7 Å². The summed E-state index contributed by atoms with van der Waals surface area (Å²) in [6.07, 6.45) is 0. The molecule has 2 N–H and O–H groups in total. The predicted octanol–water partition coefficient (Wildman–Crippen LogP) is 5.53. The molecule has 4 rings (SSSR count). The standard InChI is InChI=1S/C22H17FN2O/c1-14-4-2-3-5-19(14)22(26)24-18-9-6-15(7-10-18)21-13-16-12-17(23)8-11-20(16)25-21/h2-13,25H,1H3,(H,24,26). The molecule has 26 heavy (non-hydrogen) atoms. The average Bonchev–Trinajstić information content (AvgIpc) is 3.05. The summed E-state index contributed by atoms with van der Waals surface area (Å²) < 4.78 is 13.3. The number of hydrogen-bond acceptors (Lipinski definition) is 1. The highest BCUT2D eigenvalue weighted by Gasteiger charge is 2.09. The number of amides is 1. The molecule has 0 radical (unpaired) electrons. The number of aryl methyl sites for hydroxylation is 1. The zero-order chi connectivity index (χ0) is 18.1. The molecule has 128 valence electrons. The SMILES string of the molecule is Cc1ccccc1C(=O)Nc1ccc(-c2cc3cc(F)ccc3[nH]2)cc1. The normalized spacial score (nSPS) is 10.8. The molecular formula is C22H17FN2O. The molecule has 0 fully saturated rings. The van der Waals surface area contributed by atoms with E-state index < -0.39 is 0 Å². The summed E-state index contributed by atoms with van der Waals surface area (Å²) in [5.74, 6) is -0.380. The van der Waals surface area contributed by atoms with Gasteiger partial charge in [0.15, 0.2) is 0 Å². The highest BCUT2D eigenvalue weighted by Crippen LogP contribution is 2.26. The van der Waals surface area contributed by atoms with Gasteiger partial charge in [-0.1, -0.05) is 30.3 Å². The molecular weight excluding hydrogens is 327 g/mol. The number of benzene rings is 3.